The zero-order valence-corrected chi connectivity index (χ0v) is 17.3. The van der Waals surface area contributed by atoms with E-state index in [4.69, 9.17) is 0 Å². The summed E-state index contributed by atoms with van der Waals surface area (Å²) >= 11 is 0. The average Bonchev–Trinajstić information content (AvgIpc) is 2.73. The third kappa shape index (κ3) is 3.96. The molecule has 1 atom stereocenters. The number of carbonyl (C=O) groups is 2. The number of nitro benzene ring substituents is 1. The first-order valence-corrected chi connectivity index (χ1v) is 10.1. The molecule has 1 aromatic carbocycles. The highest BCUT2D eigenvalue weighted by Gasteiger charge is 2.38. The van der Waals surface area contributed by atoms with E-state index in [1.165, 1.54) is 12.1 Å². The molecule has 1 aromatic heterocycles. The molecule has 158 valence electrons. The first kappa shape index (κ1) is 20.5. The molecule has 0 fully saturated rings. The maximum absolute atomic E-state index is 13.4. The molecule has 2 heterocycles. The fraction of sp³-hybridized carbons (Fsp3) is 0.261. The average molecular weight is 418 g/mol. The van der Waals surface area contributed by atoms with Gasteiger partial charge in [-0.1, -0.05) is 18.2 Å². The summed E-state index contributed by atoms with van der Waals surface area (Å²) in [6.07, 6.45) is 1.81. The van der Waals surface area contributed by atoms with Crippen molar-refractivity contribution in [1.82, 2.24) is 10.3 Å². The predicted molar refractivity (Wildman–Crippen MR) is 115 cm³/mol. The van der Waals surface area contributed by atoms with Crippen LogP contribution in [0.15, 0.2) is 65.0 Å². The predicted octanol–water partition coefficient (Wildman–Crippen LogP) is 3.90. The number of amides is 1. The Balaban J connectivity index is 1.82. The standard InChI is InChI=1S/C23H22N4O4/c1-13-6-3-11-19(24-13)26-23(29)20-14(2)25-17-9-5-10-18(28)22(17)21(20)15-7-4-8-16(12-15)27(30)31/h3-4,6-8,11-12,21,25H,5,9-10H2,1-2H3,(H,24,26,29). The summed E-state index contributed by atoms with van der Waals surface area (Å²) in [7, 11) is 0. The summed E-state index contributed by atoms with van der Waals surface area (Å²) in [5.74, 6) is -0.729. The smallest absolute Gasteiger partial charge is 0.269 e. The molecule has 0 saturated heterocycles. The SMILES string of the molecule is CC1=C(C(=O)Nc2cccc(C)n2)C(c2cccc([N+](=O)[O-])c2)C2=C(CCCC2=O)N1. The van der Waals surface area contributed by atoms with Gasteiger partial charge in [-0.2, -0.15) is 0 Å². The largest absolute Gasteiger partial charge is 0.362 e. The van der Waals surface area contributed by atoms with Gasteiger partial charge in [-0.25, -0.2) is 4.98 Å². The van der Waals surface area contributed by atoms with Crippen LogP contribution in [0.4, 0.5) is 11.5 Å². The summed E-state index contributed by atoms with van der Waals surface area (Å²) < 4.78 is 0. The first-order chi connectivity index (χ1) is 14.8. The maximum Gasteiger partial charge on any atom is 0.269 e. The van der Waals surface area contributed by atoms with Gasteiger partial charge in [0.05, 0.1) is 4.92 Å². The van der Waals surface area contributed by atoms with Gasteiger partial charge in [-0.05, 0) is 44.4 Å². The number of hydrogen-bond donors (Lipinski definition) is 2. The molecule has 1 amide bonds. The number of ketones is 1. The molecule has 2 aliphatic rings. The monoisotopic (exact) mass is 418 g/mol. The van der Waals surface area contributed by atoms with Crippen LogP contribution in [-0.2, 0) is 9.59 Å². The van der Waals surface area contributed by atoms with Gasteiger partial charge in [0.25, 0.3) is 11.6 Å². The second-order valence-electron chi connectivity index (χ2n) is 7.74. The zero-order chi connectivity index (χ0) is 22.1. The highest BCUT2D eigenvalue weighted by molar-refractivity contribution is 6.09. The number of nitrogens with one attached hydrogen (secondary N) is 2. The Kier molecular flexibility index (Phi) is 5.37. The topological polar surface area (TPSA) is 114 Å². The number of aryl methyl sites for hydroxylation is 1. The fourth-order valence-corrected chi connectivity index (χ4v) is 4.23. The lowest BCUT2D eigenvalue weighted by molar-refractivity contribution is -0.384. The number of rotatable bonds is 4. The molecule has 1 unspecified atom stereocenters. The number of aromatic nitrogens is 1. The summed E-state index contributed by atoms with van der Waals surface area (Å²) in [5.41, 5.74) is 3.50. The summed E-state index contributed by atoms with van der Waals surface area (Å²) in [6.45, 7) is 3.61. The maximum atomic E-state index is 13.4. The van der Waals surface area contributed by atoms with E-state index in [1.54, 1.807) is 31.2 Å². The molecule has 31 heavy (non-hydrogen) atoms. The van der Waals surface area contributed by atoms with Crippen LogP contribution in [0.3, 0.4) is 0 Å². The van der Waals surface area contributed by atoms with E-state index in [0.717, 1.165) is 17.8 Å². The number of nitro groups is 1. The van der Waals surface area contributed by atoms with Crippen molar-refractivity contribution in [1.29, 1.82) is 0 Å². The van der Waals surface area contributed by atoms with Gasteiger partial charge in [-0.3, -0.25) is 19.7 Å². The molecule has 8 heteroatoms. The molecule has 1 aliphatic heterocycles. The molecule has 8 nitrogen and oxygen atoms in total. The Morgan fingerprint density at radius 2 is 1.97 bits per heavy atom. The molecule has 2 N–H and O–H groups in total. The van der Waals surface area contributed by atoms with E-state index in [1.807, 2.05) is 13.0 Å². The first-order valence-electron chi connectivity index (χ1n) is 10.1. The number of anilines is 1. The highest BCUT2D eigenvalue weighted by Crippen LogP contribution is 2.43. The van der Waals surface area contributed by atoms with Gasteiger partial charge >= 0.3 is 0 Å². The van der Waals surface area contributed by atoms with Crippen molar-refractivity contribution >= 4 is 23.2 Å². The lowest BCUT2D eigenvalue weighted by Crippen LogP contribution is -2.35. The minimum atomic E-state index is -0.686. The van der Waals surface area contributed by atoms with Crippen molar-refractivity contribution in [3.05, 3.63) is 86.4 Å². The second-order valence-corrected chi connectivity index (χ2v) is 7.74. The van der Waals surface area contributed by atoms with Crippen LogP contribution >= 0.6 is 0 Å². The van der Waals surface area contributed by atoms with Crippen LogP contribution in [0.2, 0.25) is 0 Å². The number of Topliss-reactive ketones (excluding diaryl/α,β-unsaturated/α-hetero) is 1. The number of nitrogens with zero attached hydrogens (tertiary/aromatic N) is 2. The second kappa shape index (κ2) is 8.14. The van der Waals surface area contributed by atoms with Crippen LogP contribution in [0.1, 0.15) is 43.4 Å². The molecule has 1 aliphatic carbocycles. The Morgan fingerprint density at radius 3 is 2.71 bits per heavy atom. The van der Waals surface area contributed by atoms with E-state index in [9.17, 15) is 19.7 Å². The van der Waals surface area contributed by atoms with Crippen LogP contribution in [0.25, 0.3) is 0 Å². The number of pyridine rings is 1. The molecule has 0 spiro atoms. The highest BCUT2D eigenvalue weighted by atomic mass is 16.6. The van der Waals surface area contributed by atoms with E-state index in [0.29, 0.717) is 41.1 Å². The van der Waals surface area contributed by atoms with E-state index < -0.39 is 16.7 Å². The van der Waals surface area contributed by atoms with Gasteiger partial charge in [-0.15, -0.1) is 0 Å². The van der Waals surface area contributed by atoms with Crippen LogP contribution in [-0.4, -0.2) is 21.6 Å². The Labute approximate surface area is 179 Å². The number of allylic oxidation sites excluding steroid dienone is 3. The van der Waals surface area contributed by atoms with Gasteiger partial charge in [0, 0.05) is 52.7 Å². The van der Waals surface area contributed by atoms with Crippen LogP contribution in [0.5, 0.6) is 0 Å². The van der Waals surface area contributed by atoms with Gasteiger partial charge in [0.1, 0.15) is 5.82 Å². The quantitative estimate of drug-likeness (QED) is 0.575. The molecule has 2 aromatic rings. The lowest BCUT2D eigenvalue weighted by atomic mass is 9.75. The number of benzene rings is 1. The van der Waals surface area contributed by atoms with E-state index in [-0.39, 0.29) is 11.5 Å². The third-order valence-corrected chi connectivity index (χ3v) is 5.56. The Morgan fingerprint density at radius 1 is 1.19 bits per heavy atom. The molecular formula is C23H22N4O4. The van der Waals surface area contributed by atoms with Crippen LogP contribution in [0, 0.1) is 17.0 Å². The van der Waals surface area contributed by atoms with Gasteiger partial charge in [0.2, 0.25) is 0 Å². The van der Waals surface area contributed by atoms with Gasteiger partial charge < -0.3 is 10.6 Å². The Bertz CT molecular complexity index is 1170. The fourth-order valence-electron chi connectivity index (χ4n) is 4.23. The summed E-state index contributed by atoms with van der Waals surface area (Å²) in [4.78, 5) is 41.5. The van der Waals surface area contributed by atoms with Crippen molar-refractivity contribution in [2.45, 2.75) is 39.0 Å². The van der Waals surface area contributed by atoms with Crippen molar-refractivity contribution in [3.8, 4) is 0 Å². The number of hydrogen-bond acceptors (Lipinski definition) is 6. The summed E-state index contributed by atoms with van der Waals surface area (Å²) in [6, 6.07) is 11.4. The molecule has 4 rings (SSSR count). The van der Waals surface area contributed by atoms with Crippen molar-refractivity contribution in [2.75, 3.05) is 5.32 Å². The third-order valence-electron chi connectivity index (χ3n) is 5.56. The number of dihydropyridines is 1. The summed E-state index contributed by atoms with van der Waals surface area (Å²) in [5, 5.41) is 17.4. The number of non-ortho nitro benzene ring substituents is 1. The van der Waals surface area contributed by atoms with Crippen molar-refractivity contribution in [3.63, 3.8) is 0 Å². The molecule has 0 bridgehead atoms. The lowest BCUT2D eigenvalue weighted by Gasteiger charge is -2.34. The van der Waals surface area contributed by atoms with Crippen molar-refractivity contribution in [2.24, 2.45) is 0 Å². The molecule has 0 radical (unpaired) electrons. The van der Waals surface area contributed by atoms with Crippen molar-refractivity contribution < 1.29 is 14.5 Å². The van der Waals surface area contributed by atoms with Gasteiger partial charge in [0.15, 0.2) is 5.78 Å². The Hall–Kier alpha value is -3.81. The van der Waals surface area contributed by atoms with E-state index in [2.05, 4.69) is 15.6 Å². The van der Waals surface area contributed by atoms with E-state index >= 15 is 0 Å². The minimum absolute atomic E-state index is 0.0447. The molecular weight excluding hydrogens is 396 g/mol. The minimum Gasteiger partial charge on any atom is -0.362 e. The normalized spacial score (nSPS) is 18.4. The number of carbonyl (C=O) groups excluding carboxylic acids is 2. The molecule has 0 saturated carbocycles. The zero-order valence-electron chi connectivity index (χ0n) is 17.3. The van der Waals surface area contributed by atoms with Crippen LogP contribution < -0.4 is 10.6 Å².